The van der Waals surface area contributed by atoms with Gasteiger partial charge in [-0.25, -0.2) is 8.42 Å². The monoisotopic (exact) mass is 313 g/mol. The van der Waals surface area contributed by atoms with Crippen molar-refractivity contribution < 1.29 is 13.5 Å². The first kappa shape index (κ1) is 16.4. The van der Waals surface area contributed by atoms with Gasteiger partial charge >= 0.3 is 0 Å². The molecule has 6 nitrogen and oxygen atoms in total. The minimum Gasteiger partial charge on any atom is -0.382 e. The number of hydrogen-bond donors (Lipinski definition) is 2. The highest BCUT2D eigenvalue weighted by Crippen LogP contribution is 2.22. The predicted octanol–water partition coefficient (Wildman–Crippen LogP) is -0.590. The van der Waals surface area contributed by atoms with Crippen molar-refractivity contribution in [3.8, 4) is 0 Å². The van der Waals surface area contributed by atoms with Crippen molar-refractivity contribution in [1.29, 1.82) is 0 Å². The van der Waals surface area contributed by atoms with Crippen LogP contribution in [0.2, 0.25) is 0 Å². The molecule has 3 N–H and O–H groups in total. The smallest absolute Gasteiger partial charge is 0.211 e. The Morgan fingerprint density at radius 3 is 2.24 bits per heavy atom. The maximum atomic E-state index is 11.5. The lowest BCUT2D eigenvalue weighted by atomic mass is 9.93. The van der Waals surface area contributed by atoms with Gasteiger partial charge in [0.1, 0.15) is 5.60 Å². The van der Waals surface area contributed by atoms with Gasteiger partial charge in [-0.15, -0.1) is 0 Å². The fourth-order valence-electron chi connectivity index (χ4n) is 2.61. The molecule has 21 heavy (non-hydrogen) atoms. The molecule has 1 aromatic rings. The van der Waals surface area contributed by atoms with Crippen LogP contribution in [0, 0.1) is 0 Å². The number of β-amino-alcohol motifs (C(OH)–C–C–N with tert-alkyl or cyclic N) is 1. The second kappa shape index (κ2) is 6.41. The van der Waals surface area contributed by atoms with Crippen molar-refractivity contribution >= 4 is 10.0 Å². The minimum absolute atomic E-state index is 0.128. The molecule has 0 bridgehead atoms. The summed E-state index contributed by atoms with van der Waals surface area (Å²) < 4.78 is 24.5. The molecular weight excluding hydrogens is 290 g/mol. The van der Waals surface area contributed by atoms with Gasteiger partial charge < -0.3 is 10.8 Å². The normalized spacial score (nSPS) is 21.1. The number of sulfonamides is 1. The summed E-state index contributed by atoms with van der Waals surface area (Å²) in [5, 5.41) is 10.8. The fraction of sp³-hybridized carbons (Fsp3) is 0.571. The molecule has 0 aromatic heterocycles. The molecule has 0 radical (unpaired) electrons. The number of nitrogens with two attached hydrogens (primary N) is 1. The lowest BCUT2D eigenvalue weighted by Crippen LogP contribution is -2.53. The van der Waals surface area contributed by atoms with Crippen molar-refractivity contribution in [3.63, 3.8) is 0 Å². The van der Waals surface area contributed by atoms with Gasteiger partial charge in [-0.1, -0.05) is 30.3 Å². The first-order chi connectivity index (χ1) is 9.85. The molecule has 7 heteroatoms. The largest absolute Gasteiger partial charge is 0.382 e. The van der Waals surface area contributed by atoms with Crippen LogP contribution in [0.5, 0.6) is 0 Å². The molecule has 0 aliphatic carbocycles. The molecule has 1 heterocycles. The zero-order valence-electron chi connectivity index (χ0n) is 12.3. The van der Waals surface area contributed by atoms with Gasteiger partial charge in [-0.3, -0.25) is 4.90 Å². The van der Waals surface area contributed by atoms with Gasteiger partial charge in [0.2, 0.25) is 10.0 Å². The van der Waals surface area contributed by atoms with Gasteiger partial charge in [0.15, 0.2) is 0 Å². The Hall–Kier alpha value is -0.990. The van der Waals surface area contributed by atoms with E-state index in [0.717, 1.165) is 5.56 Å². The van der Waals surface area contributed by atoms with Crippen molar-refractivity contribution in [2.24, 2.45) is 5.73 Å². The molecule has 1 fully saturated rings. The average molecular weight is 313 g/mol. The predicted molar refractivity (Wildman–Crippen MR) is 82.3 cm³/mol. The lowest BCUT2D eigenvalue weighted by molar-refractivity contribution is -0.000926. The number of piperazine rings is 1. The van der Waals surface area contributed by atoms with Crippen LogP contribution < -0.4 is 5.73 Å². The number of hydrogen-bond acceptors (Lipinski definition) is 5. The molecule has 0 saturated carbocycles. The van der Waals surface area contributed by atoms with Gasteiger partial charge in [-0.2, -0.15) is 4.31 Å². The fourth-order valence-corrected chi connectivity index (χ4v) is 3.44. The molecule has 0 amide bonds. The summed E-state index contributed by atoms with van der Waals surface area (Å²) in [4.78, 5) is 2.06. The zero-order valence-corrected chi connectivity index (χ0v) is 13.1. The minimum atomic E-state index is -3.13. The SMILES string of the molecule is CS(=O)(=O)N1CCN(CC(O)(CN)c2ccccc2)CC1. The van der Waals surface area contributed by atoms with Crippen LogP contribution in [0.3, 0.4) is 0 Å². The molecule has 1 unspecified atom stereocenters. The number of benzene rings is 1. The van der Waals surface area contributed by atoms with Crippen LogP contribution in [-0.4, -0.2) is 68.3 Å². The molecule has 1 saturated heterocycles. The summed E-state index contributed by atoms with van der Waals surface area (Å²) in [5.41, 5.74) is 5.46. The first-order valence-corrected chi connectivity index (χ1v) is 8.85. The summed E-state index contributed by atoms with van der Waals surface area (Å²) in [7, 11) is -3.13. The summed E-state index contributed by atoms with van der Waals surface area (Å²) in [6, 6.07) is 9.36. The highest BCUT2D eigenvalue weighted by molar-refractivity contribution is 7.88. The highest BCUT2D eigenvalue weighted by atomic mass is 32.2. The number of nitrogens with zero attached hydrogens (tertiary/aromatic N) is 2. The van der Waals surface area contributed by atoms with Crippen molar-refractivity contribution in [2.75, 3.05) is 45.5 Å². The van der Waals surface area contributed by atoms with Crippen LogP contribution in [0.25, 0.3) is 0 Å². The van der Waals surface area contributed by atoms with Crippen molar-refractivity contribution in [1.82, 2.24) is 9.21 Å². The van der Waals surface area contributed by atoms with Gasteiger partial charge in [-0.05, 0) is 5.56 Å². The van der Waals surface area contributed by atoms with Crippen LogP contribution in [-0.2, 0) is 15.6 Å². The molecule has 1 aromatic carbocycles. The topological polar surface area (TPSA) is 86.9 Å². The Labute approximate surface area is 126 Å². The van der Waals surface area contributed by atoms with E-state index in [0.29, 0.717) is 32.7 Å². The van der Waals surface area contributed by atoms with E-state index in [-0.39, 0.29) is 6.54 Å². The second-order valence-corrected chi connectivity index (χ2v) is 7.52. The summed E-state index contributed by atoms with van der Waals surface area (Å²) in [5.74, 6) is 0. The zero-order chi connectivity index (χ0) is 15.5. The van der Waals surface area contributed by atoms with Crippen LogP contribution in [0.15, 0.2) is 30.3 Å². The van der Waals surface area contributed by atoms with Crippen LogP contribution in [0.1, 0.15) is 5.56 Å². The molecule has 2 rings (SSSR count). The van der Waals surface area contributed by atoms with E-state index in [4.69, 9.17) is 5.73 Å². The first-order valence-electron chi connectivity index (χ1n) is 7.00. The van der Waals surface area contributed by atoms with E-state index < -0.39 is 15.6 Å². The third kappa shape index (κ3) is 4.02. The summed E-state index contributed by atoms with van der Waals surface area (Å²) >= 11 is 0. The lowest BCUT2D eigenvalue weighted by Gasteiger charge is -2.38. The van der Waals surface area contributed by atoms with E-state index in [1.807, 2.05) is 30.3 Å². The van der Waals surface area contributed by atoms with Crippen LogP contribution >= 0.6 is 0 Å². The Morgan fingerprint density at radius 2 is 1.76 bits per heavy atom. The Kier molecular flexibility index (Phi) is 5.00. The Morgan fingerprint density at radius 1 is 1.19 bits per heavy atom. The quantitative estimate of drug-likeness (QED) is 0.759. The van der Waals surface area contributed by atoms with E-state index in [9.17, 15) is 13.5 Å². The standard InChI is InChI=1S/C14H23N3O3S/c1-21(19,20)17-9-7-16(8-10-17)12-14(18,11-15)13-5-3-2-4-6-13/h2-6,18H,7-12,15H2,1H3. The Bertz CT molecular complexity index is 556. The third-order valence-corrected chi connectivity index (χ3v) is 5.24. The van der Waals surface area contributed by atoms with E-state index in [2.05, 4.69) is 4.90 Å². The maximum absolute atomic E-state index is 11.5. The molecule has 1 aliphatic rings. The van der Waals surface area contributed by atoms with E-state index >= 15 is 0 Å². The third-order valence-electron chi connectivity index (χ3n) is 3.93. The summed E-state index contributed by atoms with van der Waals surface area (Å²) in [6.07, 6.45) is 1.23. The van der Waals surface area contributed by atoms with Gasteiger partial charge in [0.25, 0.3) is 0 Å². The Balaban J connectivity index is 2.01. The van der Waals surface area contributed by atoms with Crippen LogP contribution in [0.4, 0.5) is 0 Å². The number of aliphatic hydroxyl groups is 1. The van der Waals surface area contributed by atoms with Gasteiger partial charge in [0, 0.05) is 39.3 Å². The van der Waals surface area contributed by atoms with Crippen molar-refractivity contribution in [3.05, 3.63) is 35.9 Å². The molecule has 118 valence electrons. The average Bonchev–Trinajstić information content (AvgIpc) is 2.47. The van der Waals surface area contributed by atoms with E-state index in [1.54, 1.807) is 0 Å². The van der Waals surface area contributed by atoms with Gasteiger partial charge in [0.05, 0.1) is 6.26 Å². The van der Waals surface area contributed by atoms with Crippen molar-refractivity contribution in [2.45, 2.75) is 5.60 Å². The maximum Gasteiger partial charge on any atom is 0.211 e. The second-order valence-electron chi connectivity index (χ2n) is 5.54. The highest BCUT2D eigenvalue weighted by Gasteiger charge is 2.32. The molecular formula is C14H23N3O3S. The molecule has 1 atom stereocenters. The summed E-state index contributed by atoms with van der Waals surface area (Å²) in [6.45, 7) is 2.64. The molecule has 1 aliphatic heterocycles. The molecule has 0 spiro atoms. The number of rotatable bonds is 5. The van der Waals surface area contributed by atoms with E-state index in [1.165, 1.54) is 10.6 Å².